The minimum Gasteiger partial charge on any atom is -0.346 e. The van der Waals surface area contributed by atoms with Crippen molar-refractivity contribution in [2.75, 3.05) is 19.1 Å². The summed E-state index contributed by atoms with van der Waals surface area (Å²) in [5.74, 6) is -5.06. The first-order valence-corrected chi connectivity index (χ1v) is 8.23. The van der Waals surface area contributed by atoms with Crippen LogP contribution in [0.15, 0.2) is 42.0 Å². The molecule has 4 aliphatic rings. The van der Waals surface area contributed by atoms with Gasteiger partial charge in [-0.15, -0.1) is 0 Å². The Labute approximate surface area is 145 Å². The molecule has 1 aliphatic heterocycles. The molecule has 1 heterocycles. The van der Waals surface area contributed by atoms with Gasteiger partial charge >= 0.3 is 0 Å². The Kier molecular flexibility index (Phi) is 3.46. The number of fused-ring (bicyclic) bond motifs is 1. The van der Waals surface area contributed by atoms with Crippen molar-refractivity contribution in [3.05, 3.63) is 42.0 Å². The Morgan fingerprint density at radius 2 is 1.56 bits per heavy atom. The number of methoxy groups -OCH3 is 2. The van der Waals surface area contributed by atoms with Gasteiger partial charge in [0.05, 0.1) is 29.4 Å². The smallest absolute Gasteiger partial charge is 0.238 e. The van der Waals surface area contributed by atoms with Crippen molar-refractivity contribution in [1.82, 2.24) is 0 Å². The summed E-state index contributed by atoms with van der Waals surface area (Å²) in [6, 6.07) is 8.81. The molecule has 1 saturated carbocycles. The summed E-state index contributed by atoms with van der Waals surface area (Å²) in [5.41, 5.74) is 1.33. The zero-order valence-electron chi connectivity index (χ0n) is 14.3. The highest BCUT2D eigenvalue weighted by Crippen LogP contribution is 2.56. The molecule has 6 heteroatoms. The lowest BCUT2D eigenvalue weighted by Gasteiger charge is -2.50. The van der Waals surface area contributed by atoms with Crippen LogP contribution in [0.5, 0.6) is 0 Å². The fourth-order valence-corrected chi connectivity index (χ4v) is 4.70. The number of hydrogen-bond donors (Lipinski definition) is 0. The summed E-state index contributed by atoms with van der Waals surface area (Å²) in [6.45, 7) is 1.82. The van der Waals surface area contributed by atoms with E-state index in [0.717, 1.165) is 5.57 Å². The lowest BCUT2D eigenvalue weighted by atomic mass is 9.57. The predicted octanol–water partition coefficient (Wildman–Crippen LogP) is 1.56. The molecule has 1 saturated heterocycles. The molecule has 25 heavy (non-hydrogen) atoms. The molecule has 130 valence electrons. The Morgan fingerprint density at radius 1 is 0.960 bits per heavy atom. The average molecular weight is 341 g/mol. The van der Waals surface area contributed by atoms with E-state index in [1.165, 1.54) is 19.1 Å². The third-order valence-electron chi connectivity index (χ3n) is 5.76. The number of amides is 2. The third kappa shape index (κ3) is 1.84. The van der Waals surface area contributed by atoms with Crippen LogP contribution < -0.4 is 4.90 Å². The molecule has 0 aromatic heterocycles. The Morgan fingerprint density at radius 3 is 2.16 bits per heavy atom. The Hall–Kier alpha value is -2.31. The van der Waals surface area contributed by atoms with Gasteiger partial charge in [0.15, 0.2) is 5.78 Å². The van der Waals surface area contributed by atoms with Gasteiger partial charge in [-0.3, -0.25) is 19.3 Å². The number of rotatable bonds is 3. The van der Waals surface area contributed by atoms with Gasteiger partial charge in [0.2, 0.25) is 17.6 Å². The van der Waals surface area contributed by atoms with Crippen molar-refractivity contribution in [1.29, 1.82) is 0 Å². The van der Waals surface area contributed by atoms with Crippen LogP contribution in [0.25, 0.3) is 0 Å². The van der Waals surface area contributed by atoms with Crippen molar-refractivity contribution in [2.45, 2.75) is 12.7 Å². The molecule has 4 atom stereocenters. The molecule has 0 radical (unpaired) electrons. The summed E-state index contributed by atoms with van der Waals surface area (Å²) < 4.78 is 10.9. The van der Waals surface area contributed by atoms with Crippen LogP contribution in [0.4, 0.5) is 5.69 Å². The van der Waals surface area contributed by atoms with E-state index in [9.17, 15) is 14.4 Å². The van der Waals surface area contributed by atoms with E-state index in [1.807, 2.05) is 19.1 Å². The van der Waals surface area contributed by atoms with Gasteiger partial charge in [0.1, 0.15) is 0 Å². The Balaban J connectivity index is 1.85. The van der Waals surface area contributed by atoms with Crippen molar-refractivity contribution in [3.8, 4) is 0 Å². The summed E-state index contributed by atoms with van der Waals surface area (Å²) in [7, 11) is 2.80. The monoisotopic (exact) mass is 341 g/mol. The average Bonchev–Trinajstić information content (AvgIpc) is 2.88. The number of carbonyl (C=O) groups excluding carboxylic acids is 3. The maximum atomic E-state index is 13.1. The standard InChI is InChI=1S/C19H19NO5/c1-10-9-12-14-15(13(10)16(21)19(12,24-2)25-3)18(23)20(17(14)22)11-7-5-4-6-8-11/h4-9,12-15H,1-3H3. The van der Waals surface area contributed by atoms with E-state index in [-0.39, 0.29) is 17.6 Å². The van der Waals surface area contributed by atoms with Gasteiger partial charge in [0.25, 0.3) is 0 Å². The topological polar surface area (TPSA) is 72.9 Å². The zero-order valence-corrected chi connectivity index (χ0v) is 14.3. The molecule has 2 fully saturated rings. The van der Waals surface area contributed by atoms with Gasteiger partial charge in [-0.25, -0.2) is 0 Å². The number of nitrogens with zero attached hydrogens (tertiary/aromatic N) is 1. The van der Waals surface area contributed by atoms with Crippen molar-refractivity contribution in [2.24, 2.45) is 23.7 Å². The number of ether oxygens (including phenoxy) is 2. The minimum atomic E-state index is -1.51. The maximum Gasteiger partial charge on any atom is 0.238 e. The zero-order chi connectivity index (χ0) is 17.9. The van der Waals surface area contributed by atoms with Crippen molar-refractivity contribution < 1.29 is 23.9 Å². The van der Waals surface area contributed by atoms with Crippen molar-refractivity contribution >= 4 is 23.3 Å². The van der Waals surface area contributed by atoms with E-state index in [1.54, 1.807) is 24.3 Å². The van der Waals surface area contributed by atoms with E-state index >= 15 is 0 Å². The van der Waals surface area contributed by atoms with E-state index < -0.39 is 29.5 Å². The normalized spacial score (nSPS) is 32.8. The second-order valence-corrected chi connectivity index (χ2v) is 6.75. The minimum absolute atomic E-state index is 0.278. The highest BCUT2D eigenvalue weighted by atomic mass is 16.7. The van der Waals surface area contributed by atoms with Gasteiger partial charge in [-0.1, -0.05) is 29.8 Å². The summed E-state index contributed by atoms with van der Waals surface area (Å²) >= 11 is 0. The van der Waals surface area contributed by atoms with Crippen LogP contribution >= 0.6 is 0 Å². The SMILES string of the molecule is COC1(OC)C(=O)C2C(C)=CC1C1C(=O)N(c3ccccc3)C(=O)C21. The lowest BCUT2D eigenvalue weighted by molar-refractivity contribution is -0.246. The molecule has 1 aromatic rings. The third-order valence-corrected chi connectivity index (χ3v) is 5.76. The first kappa shape index (κ1) is 16.2. The number of ketones is 1. The molecule has 6 nitrogen and oxygen atoms in total. The highest BCUT2D eigenvalue weighted by molar-refractivity contribution is 6.24. The fraction of sp³-hybridized carbons (Fsp3) is 0.421. The molecule has 2 bridgehead atoms. The largest absolute Gasteiger partial charge is 0.346 e. The summed E-state index contributed by atoms with van der Waals surface area (Å²) in [4.78, 5) is 40.4. The number of Topliss-reactive ketones (excluding diaryl/α,β-unsaturated/α-hetero) is 1. The van der Waals surface area contributed by atoms with E-state index in [4.69, 9.17) is 9.47 Å². The predicted molar refractivity (Wildman–Crippen MR) is 88.4 cm³/mol. The van der Waals surface area contributed by atoms with Crippen molar-refractivity contribution in [3.63, 3.8) is 0 Å². The number of para-hydroxylation sites is 1. The second kappa shape index (κ2) is 5.34. The van der Waals surface area contributed by atoms with Crippen LogP contribution in [0, 0.1) is 23.7 Å². The number of benzene rings is 1. The molecule has 0 N–H and O–H groups in total. The van der Waals surface area contributed by atoms with Crippen LogP contribution in [-0.4, -0.2) is 37.6 Å². The van der Waals surface area contributed by atoms with Crippen LogP contribution in [0.1, 0.15) is 6.92 Å². The molecular weight excluding hydrogens is 322 g/mol. The Bertz CT molecular complexity index is 795. The van der Waals surface area contributed by atoms with Gasteiger partial charge in [-0.05, 0) is 19.1 Å². The summed E-state index contributed by atoms with van der Waals surface area (Å²) in [6.07, 6.45) is 1.86. The molecule has 5 rings (SSSR count). The lowest BCUT2D eigenvalue weighted by Crippen LogP contribution is -2.64. The van der Waals surface area contributed by atoms with E-state index in [2.05, 4.69) is 0 Å². The van der Waals surface area contributed by atoms with Gasteiger partial charge in [0, 0.05) is 14.2 Å². The molecule has 3 aliphatic carbocycles. The second-order valence-electron chi connectivity index (χ2n) is 6.75. The quantitative estimate of drug-likeness (QED) is 0.474. The first-order chi connectivity index (χ1) is 12.0. The first-order valence-electron chi connectivity index (χ1n) is 8.23. The molecule has 0 spiro atoms. The van der Waals surface area contributed by atoms with Crippen LogP contribution in [0.2, 0.25) is 0 Å². The maximum absolute atomic E-state index is 13.1. The summed E-state index contributed by atoms with van der Waals surface area (Å²) in [5, 5.41) is 0. The van der Waals surface area contributed by atoms with Gasteiger partial charge in [-0.2, -0.15) is 0 Å². The van der Waals surface area contributed by atoms with Crippen LogP contribution in [-0.2, 0) is 23.9 Å². The van der Waals surface area contributed by atoms with Gasteiger partial charge < -0.3 is 9.47 Å². The molecule has 4 unspecified atom stereocenters. The number of allylic oxidation sites excluding steroid dienone is 1. The fourth-order valence-electron chi connectivity index (χ4n) is 4.70. The number of anilines is 1. The van der Waals surface area contributed by atoms with E-state index in [0.29, 0.717) is 5.69 Å². The number of hydrogen-bond acceptors (Lipinski definition) is 5. The molecule has 1 aromatic carbocycles. The molecule has 2 amide bonds. The molecular formula is C19H19NO5. The number of carbonyl (C=O) groups is 3. The highest BCUT2D eigenvalue weighted by Gasteiger charge is 2.70. The van der Waals surface area contributed by atoms with Crippen LogP contribution in [0.3, 0.4) is 0 Å². The number of imide groups is 1.